The maximum atomic E-state index is 14.0. The highest BCUT2D eigenvalue weighted by Crippen LogP contribution is 2.47. The molecule has 0 radical (unpaired) electrons. The summed E-state index contributed by atoms with van der Waals surface area (Å²) in [6.07, 6.45) is 6.06. The van der Waals surface area contributed by atoms with Crippen LogP contribution in [0, 0.1) is 17.2 Å². The molecule has 0 aromatic heterocycles. The highest BCUT2D eigenvalue weighted by atomic mass is 16.5. The van der Waals surface area contributed by atoms with Crippen LogP contribution in [0.25, 0.3) is 5.57 Å². The maximum Gasteiger partial charge on any atom is 0.195 e. The van der Waals surface area contributed by atoms with Crippen LogP contribution in [0.2, 0.25) is 0 Å². The van der Waals surface area contributed by atoms with Gasteiger partial charge in [-0.3, -0.25) is 4.79 Å². The molecule has 1 N–H and O–H groups in total. The summed E-state index contributed by atoms with van der Waals surface area (Å²) in [4.78, 5) is 16.5. The molecule has 0 unspecified atom stereocenters. The van der Waals surface area contributed by atoms with E-state index >= 15 is 0 Å². The number of ether oxygens (including phenoxy) is 1. The summed E-state index contributed by atoms with van der Waals surface area (Å²) >= 11 is 0. The number of carbonyl (C=O) groups is 1. The Balaban J connectivity index is 1.34. The molecule has 0 amide bonds. The lowest BCUT2D eigenvalue weighted by Gasteiger charge is -2.41. The third kappa shape index (κ3) is 3.83. The zero-order valence-corrected chi connectivity index (χ0v) is 21.6. The van der Waals surface area contributed by atoms with Crippen molar-refractivity contribution in [1.82, 2.24) is 5.32 Å². The lowest BCUT2D eigenvalue weighted by Crippen LogP contribution is -2.41. The second-order valence-corrected chi connectivity index (χ2v) is 11.4. The number of anilines is 1. The van der Waals surface area contributed by atoms with Crippen molar-refractivity contribution in [3.05, 3.63) is 69.4 Å². The lowest BCUT2D eigenvalue weighted by molar-refractivity contribution is 0.0305. The molecule has 1 saturated heterocycles. The SMILES string of the molecule is CCc1cc2c(cc1N1CCC(OCC3CC3)CC1)C(C)(C)C1=C(C2=O)c2ccc(C#N)cc2CN1. The number of aryl methyl sites for hydroxylation is 1. The average Bonchev–Trinajstić information content (AvgIpc) is 3.74. The van der Waals surface area contributed by atoms with Gasteiger partial charge in [-0.25, -0.2) is 0 Å². The molecule has 36 heavy (non-hydrogen) atoms. The number of nitrogens with one attached hydrogen (secondary N) is 1. The van der Waals surface area contributed by atoms with Crippen LogP contribution in [-0.2, 0) is 23.1 Å². The van der Waals surface area contributed by atoms with Crippen LogP contribution in [0.1, 0.15) is 84.6 Å². The Hall–Kier alpha value is -3.10. The summed E-state index contributed by atoms with van der Waals surface area (Å²) in [5.74, 6) is 0.897. The van der Waals surface area contributed by atoms with Gasteiger partial charge in [0.15, 0.2) is 5.78 Å². The molecule has 0 atom stereocenters. The predicted octanol–water partition coefficient (Wildman–Crippen LogP) is 5.50. The summed E-state index contributed by atoms with van der Waals surface area (Å²) in [6.45, 7) is 10.2. The Morgan fingerprint density at radius 2 is 1.89 bits per heavy atom. The highest BCUT2D eigenvalue weighted by Gasteiger charge is 2.42. The Kier molecular flexibility index (Phi) is 5.68. The Bertz CT molecular complexity index is 1300. The molecule has 1 saturated carbocycles. The van der Waals surface area contributed by atoms with E-state index in [4.69, 9.17) is 4.74 Å². The van der Waals surface area contributed by atoms with E-state index in [1.165, 1.54) is 24.1 Å². The van der Waals surface area contributed by atoms with Crippen LogP contribution in [0.15, 0.2) is 36.0 Å². The molecule has 2 fully saturated rings. The number of carbonyl (C=O) groups excluding carboxylic acids is 1. The van der Waals surface area contributed by atoms with Gasteiger partial charge in [-0.05, 0) is 84.5 Å². The summed E-state index contributed by atoms with van der Waals surface area (Å²) in [5.41, 5.74) is 8.48. The summed E-state index contributed by atoms with van der Waals surface area (Å²) < 4.78 is 6.18. The zero-order valence-electron chi connectivity index (χ0n) is 21.6. The summed E-state index contributed by atoms with van der Waals surface area (Å²) in [5, 5.41) is 12.9. The second kappa shape index (κ2) is 8.78. The van der Waals surface area contributed by atoms with Gasteiger partial charge in [-0.1, -0.05) is 26.8 Å². The number of Topliss-reactive ketones (excluding diaryl/α,β-unsaturated/α-hetero) is 1. The Morgan fingerprint density at radius 3 is 2.58 bits per heavy atom. The minimum Gasteiger partial charge on any atom is -0.383 e. The van der Waals surface area contributed by atoms with Crippen LogP contribution in [0.5, 0.6) is 0 Å². The van der Waals surface area contributed by atoms with Crippen molar-refractivity contribution in [3.8, 4) is 6.07 Å². The molecule has 2 aromatic carbocycles. The van der Waals surface area contributed by atoms with E-state index < -0.39 is 0 Å². The van der Waals surface area contributed by atoms with Gasteiger partial charge in [-0.2, -0.15) is 5.26 Å². The van der Waals surface area contributed by atoms with Crippen LogP contribution < -0.4 is 10.2 Å². The first-order valence-corrected chi connectivity index (χ1v) is 13.5. The van der Waals surface area contributed by atoms with Gasteiger partial charge < -0.3 is 15.0 Å². The van der Waals surface area contributed by atoms with Crippen molar-refractivity contribution in [2.24, 2.45) is 5.92 Å². The average molecular weight is 482 g/mol. The fourth-order valence-corrected chi connectivity index (χ4v) is 6.23. The van der Waals surface area contributed by atoms with E-state index in [1.54, 1.807) is 0 Å². The molecule has 0 bridgehead atoms. The number of hydrogen-bond acceptors (Lipinski definition) is 5. The van der Waals surface area contributed by atoms with E-state index in [9.17, 15) is 10.1 Å². The van der Waals surface area contributed by atoms with Crippen molar-refractivity contribution >= 4 is 17.0 Å². The number of ketones is 1. The number of fused-ring (bicyclic) bond motifs is 3. The first kappa shape index (κ1) is 23.3. The number of hydrogen-bond donors (Lipinski definition) is 1. The summed E-state index contributed by atoms with van der Waals surface area (Å²) in [7, 11) is 0. The molecule has 2 heterocycles. The number of benzene rings is 2. The smallest absolute Gasteiger partial charge is 0.195 e. The molecule has 186 valence electrons. The molecular weight excluding hydrogens is 446 g/mol. The largest absolute Gasteiger partial charge is 0.383 e. The fourth-order valence-electron chi connectivity index (χ4n) is 6.23. The minimum atomic E-state index is -0.323. The molecule has 2 aromatic rings. The monoisotopic (exact) mass is 481 g/mol. The van der Waals surface area contributed by atoms with E-state index in [2.05, 4.69) is 49.2 Å². The van der Waals surface area contributed by atoms with Gasteiger partial charge in [0.1, 0.15) is 0 Å². The number of piperidine rings is 1. The van der Waals surface area contributed by atoms with Crippen molar-refractivity contribution < 1.29 is 9.53 Å². The van der Waals surface area contributed by atoms with E-state index in [0.717, 1.165) is 78.4 Å². The fraction of sp³-hybridized carbons (Fsp3) is 0.484. The number of rotatable bonds is 5. The number of nitrogens with zero attached hydrogens (tertiary/aromatic N) is 2. The molecule has 2 aliphatic carbocycles. The van der Waals surface area contributed by atoms with Gasteiger partial charge in [0, 0.05) is 54.2 Å². The van der Waals surface area contributed by atoms with E-state index in [0.29, 0.717) is 18.2 Å². The van der Waals surface area contributed by atoms with Crippen molar-refractivity contribution in [1.29, 1.82) is 5.26 Å². The minimum absolute atomic E-state index is 0.0888. The zero-order chi connectivity index (χ0) is 25.0. The third-order valence-electron chi connectivity index (χ3n) is 8.63. The molecule has 0 spiro atoms. The maximum absolute atomic E-state index is 14.0. The first-order valence-electron chi connectivity index (χ1n) is 13.5. The van der Waals surface area contributed by atoms with Crippen molar-refractivity contribution in [2.75, 3.05) is 24.6 Å². The van der Waals surface area contributed by atoms with Gasteiger partial charge in [0.25, 0.3) is 0 Å². The van der Waals surface area contributed by atoms with E-state index in [-0.39, 0.29) is 11.2 Å². The highest BCUT2D eigenvalue weighted by molar-refractivity contribution is 6.32. The standard InChI is InChI=1S/C31H35N3O2/c1-4-21-14-25-26(15-27(21)34-11-9-23(10-12-34)36-18-19-5-6-19)31(2,3)30-28(29(25)35)24-8-7-20(16-32)13-22(24)17-33-30/h7-8,13-15,19,23,33H,4-6,9-12,17-18H2,1-3H3. The molecule has 5 heteroatoms. The topological polar surface area (TPSA) is 65.4 Å². The summed E-state index contributed by atoms with van der Waals surface area (Å²) in [6, 6.07) is 12.4. The van der Waals surface area contributed by atoms with Crippen LogP contribution >= 0.6 is 0 Å². The van der Waals surface area contributed by atoms with Crippen molar-refractivity contribution in [2.45, 2.75) is 70.9 Å². The first-order chi connectivity index (χ1) is 17.4. The molecular formula is C31H35N3O2. The Morgan fingerprint density at radius 1 is 1.11 bits per heavy atom. The van der Waals surface area contributed by atoms with Gasteiger partial charge in [0.2, 0.25) is 0 Å². The number of nitriles is 1. The second-order valence-electron chi connectivity index (χ2n) is 11.4. The normalized spacial score (nSPS) is 20.8. The van der Waals surface area contributed by atoms with Crippen molar-refractivity contribution in [3.63, 3.8) is 0 Å². The van der Waals surface area contributed by atoms with Crippen LogP contribution in [-0.4, -0.2) is 31.6 Å². The van der Waals surface area contributed by atoms with Gasteiger partial charge in [-0.15, -0.1) is 0 Å². The molecule has 4 aliphatic rings. The Labute approximate surface area is 214 Å². The van der Waals surface area contributed by atoms with E-state index in [1.807, 2.05) is 18.2 Å². The molecule has 2 aliphatic heterocycles. The molecule has 5 nitrogen and oxygen atoms in total. The molecule has 6 rings (SSSR count). The van der Waals surface area contributed by atoms with Crippen LogP contribution in [0.4, 0.5) is 5.69 Å². The quantitative estimate of drug-likeness (QED) is 0.611. The third-order valence-corrected chi connectivity index (χ3v) is 8.63. The van der Waals surface area contributed by atoms with Gasteiger partial charge in [0.05, 0.1) is 17.7 Å². The lowest BCUT2D eigenvalue weighted by atomic mass is 9.68. The predicted molar refractivity (Wildman–Crippen MR) is 142 cm³/mol. The van der Waals surface area contributed by atoms with Gasteiger partial charge >= 0.3 is 0 Å². The number of allylic oxidation sites excluding steroid dienone is 2. The van der Waals surface area contributed by atoms with Crippen LogP contribution in [0.3, 0.4) is 0 Å².